The third-order valence-corrected chi connectivity index (χ3v) is 2.89. The van der Waals surface area contributed by atoms with Crippen LogP contribution in [0, 0.1) is 5.82 Å². The molecular weight excluding hydrogens is 309 g/mol. The van der Waals surface area contributed by atoms with Gasteiger partial charge in [0.15, 0.2) is 0 Å². The molecule has 0 aliphatic rings. The summed E-state index contributed by atoms with van der Waals surface area (Å²) in [5, 5.41) is 5.47. The Balaban J connectivity index is 0.00000441. The van der Waals surface area contributed by atoms with Crippen LogP contribution in [0.3, 0.4) is 0 Å². The molecule has 124 valence electrons. The predicted octanol–water partition coefficient (Wildman–Crippen LogP) is 1.61. The van der Waals surface area contributed by atoms with Crippen LogP contribution in [0.4, 0.5) is 4.39 Å². The van der Waals surface area contributed by atoms with Crippen molar-refractivity contribution >= 4 is 24.2 Å². The number of hydrogen-bond acceptors (Lipinski definition) is 3. The maximum Gasteiger partial charge on any atom is 0.251 e. The van der Waals surface area contributed by atoms with Gasteiger partial charge in [0.05, 0.1) is 0 Å². The summed E-state index contributed by atoms with van der Waals surface area (Å²) in [6.07, 6.45) is 1.71. The van der Waals surface area contributed by atoms with Gasteiger partial charge in [-0.25, -0.2) is 4.39 Å². The molecule has 2 amide bonds. The van der Waals surface area contributed by atoms with Gasteiger partial charge in [-0.2, -0.15) is 0 Å². The number of carbonyl (C=O) groups is 2. The van der Waals surface area contributed by atoms with E-state index >= 15 is 0 Å². The first-order valence-electron chi connectivity index (χ1n) is 7.05. The smallest absolute Gasteiger partial charge is 0.251 e. The highest BCUT2D eigenvalue weighted by Gasteiger charge is 2.05. The molecule has 1 rings (SSSR count). The van der Waals surface area contributed by atoms with E-state index in [2.05, 4.69) is 10.6 Å². The fourth-order valence-corrected chi connectivity index (χ4v) is 1.67. The summed E-state index contributed by atoms with van der Waals surface area (Å²) in [7, 11) is 0. The van der Waals surface area contributed by atoms with Gasteiger partial charge in [0.1, 0.15) is 5.82 Å². The lowest BCUT2D eigenvalue weighted by molar-refractivity contribution is -0.121. The molecule has 1 aromatic carbocycles. The third-order valence-electron chi connectivity index (χ3n) is 2.89. The fraction of sp³-hybridized carbons (Fsp3) is 0.467. The average Bonchev–Trinajstić information content (AvgIpc) is 2.45. The molecule has 0 saturated heterocycles. The monoisotopic (exact) mass is 331 g/mol. The van der Waals surface area contributed by atoms with Crippen molar-refractivity contribution in [1.82, 2.24) is 10.6 Å². The second kappa shape index (κ2) is 11.0. The molecule has 0 bridgehead atoms. The van der Waals surface area contributed by atoms with Crippen molar-refractivity contribution in [2.24, 2.45) is 5.73 Å². The van der Waals surface area contributed by atoms with Gasteiger partial charge in [0.25, 0.3) is 5.91 Å². The highest BCUT2D eigenvalue weighted by atomic mass is 35.5. The molecule has 0 aliphatic heterocycles. The van der Waals surface area contributed by atoms with Crippen LogP contribution in [0.15, 0.2) is 24.3 Å². The van der Waals surface area contributed by atoms with E-state index in [4.69, 9.17) is 5.73 Å². The third kappa shape index (κ3) is 8.59. The highest BCUT2D eigenvalue weighted by Crippen LogP contribution is 2.02. The quantitative estimate of drug-likeness (QED) is 0.633. The van der Waals surface area contributed by atoms with Crippen LogP contribution >= 0.6 is 12.4 Å². The predicted molar refractivity (Wildman–Crippen MR) is 86.5 cm³/mol. The van der Waals surface area contributed by atoms with Crippen LogP contribution in [-0.2, 0) is 4.79 Å². The molecule has 0 aliphatic carbocycles. The maximum atomic E-state index is 12.7. The standard InChI is InChI=1S/C15H22FN3O2.ClH/c1-11(17)3-8-14(20)18-9-2-10-19-15(21)12-4-6-13(16)7-5-12;/h4-7,11H,2-3,8-10,17H2,1H3,(H,18,20)(H,19,21);1H. The van der Waals surface area contributed by atoms with Gasteiger partial charge in [-0.1, -0.05) is 0 Å². The van der Waals surface area contributed by atoms with Crippen molar-refractivity contribution in [2.45, 2.75) is 32.2 Å². The summed E-state index contributed by atoms with van der Waals surface area (Å²) < 4.78 is 12.7. The molecule has 0 heterocycles. The summed E-state index contributed by atoms with van der Waals surface area (Å²) in [5.74, 6) is -0.656. The van der Waals surface area contributed by atoms with Gasteiger partial charge >= 0.3 is 0 Å². The first-order valence-corrected chi connectivity index (χ1v) is 7.05. The Labute approximate surface area is 136 Å². The molecule has 0 spiro atoms. The molecular formula is C15H23ClFN3O2. The first-order chi connectivity index (χ1) is 9.99. The zero-order valence-electron chi connectivity index (χ0n) is 12.6. The summed E-state index contributed by atoms with van der Waals surface area (Å²) >= 11 is 0. The van der Waals surface area contributed by atoms with Crippen molar-refractivity contribution in [3.63, 3.8) is 0 Å². The minimum Gasteiger partial charge on any atom is -0.356 e. The normalized spacial score (nSPS) is 11.2. The van der Waals surface area contributed by atoms with E-state index in [1.54, 1.807) is 0 Å². The molecule has 1 unspecified atom stereocenters. The van der Waals surface area contributed by atoms with Crippen molar-refractivity contribution in [3.8, 4) is 0 Å². The summed E-state index contributed by atoms with van der Waals surface area (Å²) in [6, 6.07) is 5.37. The van der Waals surface area contributed by atoms with Gasteiger partial charge in [-0.05, 0) is 44.0 Å². The lowest BCUT2D eigenvalue weighted by Crippen LogP contribution is -2.30. The number of nitrogens with two attached hydrogens (primary N) is 1. The zero-order chi connectivity index (χ0) is 15.7. The van der Waals surface area contributed by atoms with E-state index in [9.17, 15) is 14.0 Å². The first kappa shape index (κ1) is 20.3. The van der Waals surface area contributed by atoms with Crippen LogP contribution in [0.1, 0.15) is 36.5 Å². The van der Waals surface area contributed by atoms with E-state index in [1.807, 2.05) is 6.92 Å². The van der Waals surface area contributed by atoms with E-state index in [1.165, 1.54) is 24.3 Å². The minimum atomic E-state index is -0.374. The molecule has 22 heavy (non-hydrogen) atoms. The van der Waals surface area contributed by atoms with Crippen molar-refractivity contribution in [3.05, 3.63) is 35.6 Å². The molecule has 0 aromatic heterocycles. The number of benzene rings is 1. The van der Waals surface area contributed by atoms with Gasteiger partial charge in [-0.3, -0.25) is 9.59 Å². The topological polar surface area (TPSA) is 84.2 Å². The molecule has 5 nitrogen and oxygen atoms in total. The fourth-order valence-electron chi connectivity index (χ4n) is 1.67. The summed E-state index contributed by atoms with van der Waals surface area (Å²) in [5.41, 5.74) is 5.98. The summed E-state index contributed by atoms with van der Waals surface area (Å²) in [4.78, 5) is 23.1. The van der Waals surface area contributed by atoms with Crippen molar-refractivity contribution in [1.29, 1.82) is 0 Å². The molecule has 0 radical (unpaired) electrons. The molecule has 4 N–H and O–H groups in total. The van der Waals surface area contributed by atoms with E-state index in [0.29, 0.717) is 37.9 Å². The largest absolute Gasteiger partial charge is 0.356 e. The highest BCUT2D eigenvalue weighted by molar-refractivity contribution is 5.94. The number of hydrogen-bond donors (Lipinski definition) is 3. The van der Waals surface area contributed by atoms with Crippen LogP contribution in [0.5, 0.6) is 0 Å². The van der Waals surface area contributed by atoms with Crippen molar-refractivity contribution in [2.75, 3.05) is 13.1 Å². The Kier molecular flexibility index (Phi) is 10.2. The molecule has 0 fully saturated rings. The maximum absolute atomic E-state index is 12.7. The zero-order valence-corrected chi connectivity index (χ0v) is 13.4. The van der Waals surface area contributed by atoms with E-state index in [0.717, 1.165) is 0 Å². The average molecular weight is 332 g/mol. The summed E-state index contributed by atoms with van der Waals surface area (Å²) in [6.45, 7) is 2.81. The van der Waals surface area contributed by atoms with Crippen molar-refractivity contribution < 1.29 is 14.0 Å². The van der Waals surface area contributed by atoms with E-state index in [-0.39, 0.29) is 36.1 Å². The lowest BCUT2D eigenvalue weighted by Gasteiger charge is -2.08. The molecule has 7 heteroatoms. The van der Waals surface area contributed by atoms with Crippen LogP contribution in [-0.4, -0.2) is 30.9 Å². The Morgan fingerprint density at radius 1 is 1.18 bits per heavy atom. The number of nitrogens with one attached hydrogen (secondary N) is 2. The number of rotatable bonds is 8. The molecule has 1 aromatic rings. The van der Waals surface area contributed by atoms with Crippen LogP contribution < -0.4 is 16.4 Å². The Morgan fingerprint density at radius 2 is 1.77 bits per heavy atom. The Morgan fingerprint density at radius 3 is 2.36 bits per heavy atom. The van der Waals surface area contributed by atoms with Gasteiger partial charge in [0.2, 0.25) is 5.91 Å². The van der Waals surface area contributed by atoms with Gasteiger partial charge < -0.3 is 16.4 Å². The van der Waals surface area contributed by atoms with Crippen LogP contribution in [0.2, 0.25) is 0 Å². The minimum absolute atomic E-state index is 0. The Bertz CT molecular complexity index is 466. The number of amides is 2. The second-order valence-electron chi connectivity index (χ2n) is 4.98. The lowest BCUT2D eigenvalue weighted by atomic mass is 10.2. The SMILES string of the molecule is CC(N)CCC(=O)NCCCNC(=O)c1ccc(F)cc1.Cl. The Hall–Kier alpha value is -1.66. The molecule has 0 saturated carbocycles. The second-order valence-corrected chi connectivity index (χ2v) is 4.98. The molecule has 1 atom stereocenters. The number of halogens is 2. The number of carbonyl (C=O) groups excluding carboxylic acids is 2. The van der Waals surface area contributed by atoms with E-state index < -0.39 is 0 Å². The van der Waals surface area contributed by atoms with Crippen LogP contribution in [0.25, 0.3) is 0 Å². The van der Waals surface area contributed by atoms with Gasteiger partial charge in [-0.15, -0.1) is 12.4 Å². The van der Waals surface area contributed by atoms with Gasteiger partial charge in [0, 0.05) is 31.1 Å².